The molecule has 0 aliphatic rings. The first-order valence-electron chi connectivity index (χ1n) is 7.43. The molecular weight excluding hydrogens is 424 g/mol. The smallest absolute Gasteiger partial charge is 0.259 e. The zero-order valence-corrected chi connectivity index (χ0v) is 16.2. The Labute approximate surface area is 162 Å². The number of aromatic amines is 1. The van der Waals surface area contributed by atoms with Gasteiger partial charge >= 0.3 is 0 Å². The van der Waals surface area contributed by atoms with Crippen LogP contribution in [0, 0.1) is 0 Å². The predicted octanol–water partition coefficient (Wildman–Crippen LogP) is 4.16. The van der Waals surface area contributed by atoms with Gasteiger partial charge in [0.25, 0.3) is 5.91 Å². The van der Waals surface area contributed by atoms with E-state index < -0.39 is 5.91 Å². The maximum absolute atomic E-state index is 12.4. The minimum atomic E-state index is -0.408. The van der Waals surface area contributed by atoms with Gasteiger partial charge in [0.15, 0.2) is 5.82 Å². The van der Waals surface area contributed by atoms with Crippen molar-refractivity contribution in [2.24, 2.45) is 0 Å². The van der Waals surface area contributed by atoms with Crippen LogP contribution in [-0.2, 0) is 0 Å². The molecule has 134 valence electrons. The van der Waals surface area contributed by atoms with Crippen molar-refractivity contribution in [2.75, 3.05) is 19.5 Å². The number of H-pyrrole nitrogens is 1. The molecule has 0 radical (unpaired) electrons. The molecule has 0 unspecified atom stereocenters. The molecule has 0 atom stereocenters. The number of nitrogens with one attached hydrogen (secondary N) is 2. The third kappa shape index (κ3) is 3.81. The second-order valence-corrected chi connectivity index (χ2v) is 6.48. The van der Waals surface area contributed by atoms with E-state index in [1.807, 2.05) is 0 Å². The van der Waals surface area contributed by atoms with Crippen molar-refractivity contribution < 1.29 is 14.3 Å². The molecule has 0 spiro atoms. The standard InChI is InChI=1S/C17H14BrClN4O3/c1-25-10-4-6-12(14(8-10)26-2)15-20-17(23-22-15)21-16(24)11-5-3-9(18)7-13(11)19/h3-8H,1-2H3,(H2,20,21,22,23,24). The van der Waals surface area contributed by atoms with Crippen LogP contribution in [0.4, 0.5) is 5.95 Å². The molecule has 0 aliphatic heterocycles. The van der Waals surface area contributed by atoms with Gasteiger partial charge in [-0.3, -0.25) is 15.2 Å². The van der Waals surface area contributed by atoms with E-state index in [0.717, 1.165) is 4.47 Å². The fraction of sp³-hybridized carbons (Fsp3) is 0.118. The predicted molar refractivity (Wildman–Crippen MR) is 102 cm³/mol. The Balaban J connectivity index is 1.83. The van der Waals surface area contributed by atoms with Crippen LogP contribution in [0.1, 0.15) is 10.4 Å². The second kappa shape index (κ2) is 7.76. The number of aromatic nitrogens is 3. The number of ether oxygens (including phenoxy) is 2. The lowest BCUT2D eigenvalue weighted by molar-refractivity contribution is 0.102. The molecular formula is C17H14BrClN4O3. The number of benzene rings is 2. The van der Waals surface area contributed by atoms with E-state index in [0.29, 0.717) is 33.5 Å². The molecule has 0 saturated heterocycles. The van der Waals surface area contributed by atoms with Crippen LogP contribution < -0.4 is 14.8 Å². The summed E-state index contributed by atoms with van der Waals surface area (Å²) < 4.78 is 11.3. The number of carbonyl (C=O) groups excluding carboxylic acids is 1. The van der Waals surface area contributed by atoms with Crippen LogP contribution in [0.2, 0.25) is 5.02 Å². The van der Waals surface area contributed by atoms with Gasteiger partial charge in [0, 0.05) is 10.5 Å². The number of amides is 1. The summed E-state index contributed by atoms with van der Waals surface area (Å²) in [7, 11) is 3.12. The molecule has 0 fully saturated rings. The van der Waals surface area contributed by atoms with Crippen LogP contribution in [0.25, 0.3) is 11.4 Å². The SMILES string of the molecule is COc1ccc(-c2nc(NC(=O)c3ccc(Br)cc3Cl)n[nH]2)c(OC)c1. The monoisotopic (exact) mass is 436 g/mol. The Morgan fingerprint density at radius 1 is 1.19 bits per heavy atom. The topological polar surface area (TPSA) is 89.1 Å². The van der Waals surface area contributed by atoms with Gasteiger partial charge in [0.05, 0.1) is 30.4 Å². The van der Waals surface area contributed by atoms with E-state index in [1.165, 1.54) is 0 Å². The number of anilines is 1. The minimum absolute atomic E-state index is 0.127. The summed E-state index contributed by atoms with van der Waals surface area (Å²) in [4.78, 5) is 16.6. The third-order valence-corrected chi connectivity index (χ3v) is 4.36. The first-order valence-corrected chi connectivity index (χ1v) is 8.60. The number of halogens is 2. The van der Waals surface area contributed by atoms with E-state index in [9.17, 15) is 4.79 Å². The Morgan fingerprint density at radius 3 is 2.69 bits per heavy atom. The highest BCUT2D eigenvalue weighted by Crippen LogP contribution is 2.31. The van der Waals surface area contributed by atoms with Crippen molar-refractivity contribution in [1.29, 1.82) is 0 Å². The summed E-state index contributed by atoms with van der Waals surface area (Å²) in [5.74, 6) is 1.39. The highest BCUT2D eigenvalue weighted by Gasteiger charge is 2.16. The molecule has 3 rings (SSSR count). The zero-order valence-electron chi connectivity index (χ0n) is 13.8. The van der Waals surface area contributed by atoms with Crippen molar-refractivity contribution >= 4 is 39.4 Å². The molecule has 0 saturated carbocycles. The van der Waals surface area contributed by atoms with Crippen molar-refractivity contribution in [3.8, 4) is 22.9 Å². The summed E-state index contributed by atoms with van der Waals surface area (Å²) in [6, 6.07) is 10.3. The van der Waals surface area contributed by atoms with Gasteiger partial charge in [-0.05, 0) is 30.3 Å². The van der Waals surface area contributed by atoms with Gasteiger partial charge in [0.1, 0.15) is 11.5 Å². The van der Waals surface area contributed by atoms with Gasteiger partial charge in [-0.15, -0.1) is 5.10 Å². The molecule has 2 aromatic carbocycles. The summed E-state index contributed by atoms with van der Waals surface area (Å²) in [5.41, 5.74) is 1.01. The number of nitrogens with zero attached hydrogens (tertiary/aromatic N) is 2. The largest absolute Gasteiger partial charge is 0.497 e. The average molecular weight is 438 g/mol. The molecule has 2 N–H and O–H groups in total. The van der Waals surface area contributed by atoms with Crippen molar-refractivity contribution in [3.63, 3.8) is 0 Å². The van der Waals surface area contributed by atoms with Gasteiger partial charge in [-0.25, -0.2) is 0 Å². The maximum Gasteiger partial charge on any atom is 0.259 e. The van der Waals surface area contributed by atoms with Gasteiger partial charge in [-0.1, -0.05) is 27.5 Å². The second-order valence-electron chi connectivity index (χ2n) is 5.15. The van der Waals surface area contributed by atoms with Gasteiger partial charge in [-0.2, -0.15) is 4.98 Å². The minimum Gasteiger partial charge on any atom is -0.497 e. The summed E-state index contributed by atoms with van der Waals surface area (Å²) >= 11 is 9.39. The molecule has 3 aromatic rings. The van der Waals surface area contributed by atoms with Crippen molar-refractivity contribution in [1.82, 2.24) is 15.2 Å². The Kier molecular flexibility index (Phi) is 5.43. The van der Waals surface area contributed by atoms with Gasteiger partial charge < -0.3 is 9.47 Å². The van der Waals surface area contributed by atoms with E-state index in [4.69, 9.17) is 21.1 Å². The van der Waals surface area contributed by atoms with E-state index >= 15 is 0 Å². The quantitative estimate of drug-likeness (QED) is 0.626. The third-order valence-electron chi connectivity index (χ3n) is 3.55. The van der Waals surface area contributed by atoms with Crippen LogP contribution in [0.5, 0.6) is 11.5 Å². The van der Waals surface area contributed by atoms with E-state index in [1.54, 1.807) is 50.6 Å². The Hall–Kier alpha value is -2.58. The lowest BCUT2D eigenvalue weighted by atomic mass is 10.2. The number of carbonyl (C=O) groups is 1. The normalized spacial score (nSPS) is 10.5. The van der Waals surface area contributed by atoms with E-state index in [2.05, 4.69) is 36.4 Å². The highest BCUT2D eigenvalue weighted by atomic mass is 79.9. The van der Waals surface area contributed by atoms with Crippen LogP contribution in [0.3, 0.4) is 0 Å². The maximum atomic E-state index is 12.4. The van der Waals surface area contributed by atoms with Crippen LogP contribution in [-0.4, -0.2) is 35.3 Å². The Morgan fingerprint density at radius 2 is 2.00 bits per heavy atom. The molecule has 1 aromatic heterocycles. The molecule has 0 bridgehead atoms. The van der Waals surface area contributed by atoms with E-state index in [-0.39, 0.29) is 5.95 Å². The first-order chi connectivity index (χ1) is 12.5. The highest BCUT2D eigenvalue weighted by molar-refractivity contribution is 9.10. The number of hydrogen-bond donors (Lipinski definition) is 2. The summed E-state index contributed by atoms with van der Waals surface area (Å²) in [5, 5.41) is 9.73. The number of hydrogen-bond acceptors (Lipinski definition) is 5. The first kappa shape index (κ1) is 18.2. The molecule has 1 amide bonds. The number of rotatable bonds is 5. The van der Waals surface area contributed by atoms with Crippen molar-refractivity contribution in [3.05, 3.63) is 51.5 Å². The molecule has 0 aliphatic carbocycles. The van der Waals surface area contributed by atoms with Gasteiger partial charge in [0.2, 0.25) is 5.95 Å². The molecule has 9 heteroatoms. The number of methoxy groups -OCH3 is 2. The van der Waals surface area contributed by atoms with Crippen molar-refractivity contribution in [2.45, 2.75) is 0 Å². The van der Waals surface area contributed by atoms with Crippen LogP contribution in [0.15, 0.2) is 40.9 Å². The molecule has 26 heavy (non-hydrogen) atoms. The molecule has 1 heterocycles. The molecule has 7 nitrogen and oxygen atoms in total. The average Bonchev–Trinajstić information content (AvgIpc) is 3.09. The summed E-state index contributed by atoms with van der Waals surface area (Å²) in [6.07, 6.45) is 0. The lowest BCUT2D eigenvalue weighted by Crippen LogP contribution is -2.13. The van der Waals surface area contributed by atoms with Crippen LogP contribution >= 0.6 is 27.5 Å². The fourth-order valence-corrected chi connectivity index (χ4v) is 3.03. The zero-order chi connectivity index (χ0) is 18.7. The summed E-state index contributed by atoms with van der Waals surface area (Å²) in [6.45, 7) is 0. The Bertz CT molecular complexity index is 961. The fourth-order valence-electron chi connectivity index (χ4n) is 2.27. The lowest BCUT2D eigenvalue weighted by Gasteiger charge is -2.07.